The first kappa shape index (κ1) is 16.8. The summed E-state index contributed by atoms with van der Waals surface area (Å²) in [6.07, 6.45) is 2.15. The third-order valence-corrected chi connectivity index (χ3v) is 5.51. The smallest absolute Gasteiger partial charge is 0.237 e. The van der Waals surface area contributed by atoms with Crippen LogP contribution in [0.1, 0.15) is 42.0 Å². The summed E-state index contributed by atoms with van der Waals surface area (Å²) in [4.78, 5) is 0. The van der Waals surface area contributed by atoms with E-state index in [1.807, 2.05) is 0 Å². The van der Waals surface area contributed by atoms with E-state index in [2.05, 4.69) is 99.5 Å². The highest BCUT2D eigenvalue weighted by Crippen LogP contribution is 2.36. The number of hydrogen-bond donors (Lipinski definition) is 0. The minimum atomic E-state index is 0.513. The van der Waals surface area contributed by atoms with Crippen molar-refractivity contribution in [3.8, 4) is 5.82 Å². The van der Waals surface area contributed by atoms with Gasteiger partial charge in [0.15, 0.2) is 0 Å². The number of pyridine rings is 1. The molecule has 0 unspecified atom stereocenters. The average molecular weight is 343 g/mol. The number of fused-ring (bicyclic) bond motifs is 3. The van der Waals surface area contributed by atoms with Gasteiger partial charge in [-0.25, -0.2) is 4.57 Å². The number of benzene rings is 2. The van der Waals surface area contributed by atoms with Gasteiger partial charge in [0, 0.05) is 22.4 Å². The Kier molecular flexibility index (Phi) is 3.87. The van der Waals surface area contributed by atoms with E-state index in [-0.39, 0.29) is 0 Å². The second-order valence-corrected chi connectivity index (χ2v) is 7.86. The van der Waals surface area contributed by atoms with Gasteiger partial charge in [0.1, 0.15) is 11.0 Å². The van der Waals surface area contributed by atoms with Gasteiger partial charge < -0.3 is 0 Å². The van der Waals surface area contributed by atoms with Crippen LogP contribution in [0.15, 0.2) is 48.7 Å². The Labute approximate surface area is 155 Å². The summed E-state index contributed by atoms with van der Waals surface area (Å²) in [5, 5.41) is 2.67. The fourth-order valence-corrected chi connectivity index (χ4v) is 4.15. The molecule has 0 saturated heterocycles. The zero-order chi connectivity index (χ0) is 18.6. The Morgan fingerprint density at radius 2 is 1.58 bits per heavy atom. The lowest BCUT2D eigenvalue weighted by atomic mass is 9.95. The highest BCUT2D eigenvalue weighted by Gasteiger charge is 2.24. The van der Waals surface area contributed by atoms with Crippen molar-refractivity contribution in [2.45, 2.75) is 40.5 Å². The number of nitrogens with zero attached hydrogens (tertiary/aromatic N) is 2. The van der Waals surface area contributed by atoms with Crippen LogP contribution in [0.2, 0.25) is 0 Å². The van der Waals surface area contributed by atoms with Gasteiger partial charge in [-0.15, -0.1) is 0 Å². The Hall–Kier alpha value is -2.61. The molecule has 2 nitrogen and oxygen atoms in total. The predicted molar refractivity (Wildman–Crippen MR) is 110 cm³/mol. The minimum Gasteiger partial charge on any atom is -0.237 e. The summed E-state index contributed by atoms with van der Waals surface area (Å²) < 4.78 is 4.66. The maximum atomic E-state index is 2.44. The van der Waals surface area contributed by atoms with Crippen molar-refractivity contribution in [2.75, 3.05) is 0 Å². The van der Waals surface area contributed by atoms with Crippen LogP contribution in [0, 0.1) is 20.8 Å². The molecule has 0 aliphatic carbocycles. The summed E-state index contributed by atoms with van der Waals surface area (Å²) in [6, 6.07) is 15.9. The van der Waals surface area contributed by atoms with Crippen LogP contribution in [0.25, 0.3) is 27.6 Å². The fourth-order valence-electron chi connectivity index (χ4n) is 4.15. The Balaban J connectivity index is 2.25. The molecule has 4 rings (SSSR count). The van der Waals surface area contributed by atoms with Crippen molar-refractivity contribution in [2.24, 2.45) is 7.05 Å². The highest BCUT2D eigenvalue weighted by molar-refractivity contribution is 6.10. The van der Waals surface area contributed by atoms with Gasteiger partial charge in [0.2, 0.25) is 0 Å². The van der Waals surface area contributed by atoms with E-state index in [0.717, 1.165) is 0 Å². The van der Waals surface area contributed by atoms with E-state index < -0.39 is 0 Å². The van der Waals surface area contributed by atoms with Gasteiger partial charge in [0.05, 0.1) is 13.2 Å². The van der Waals surface area contributed by atoms with Gasteiger partial charge >= 0.3 is 0 Å². The number of aromatic nitrogens is 2. The summed E-state index contributed by atoms with van der Waals surface area (Å²) >= 11 is 0. The normalized spacial score (nSPS) is 11.8. The number of rotatable bonds is 2. The third kappa shape index (κ3) is 2.44. The SMILES string of the molecule is Cc1cc[n+](C)c(-n2c3ccc(C)cc3c3ccc(C(C)C)c(C)c32)c1. The van der Waals surface area contributed by atoms with Crippen molar-refractivity contribution in [3.05, 3.63) is 70.9 Å². The van der Waals surface area contributed by atoms with Gasteiger partial charge in [-0.1, -0.05) is 31.5 Å². The van der Waals surface area contributed by atoms with Gasteiger partial charge in [0.25, 0.3) is 5.82 Å². The highest BCUT2D eigenvalue weighted by atomic mass is 15.1. The molecule has 2 aromatic carbocycles. The third-order valence-electron chi connectivity index (χ3n) is 5.51. The van der Waals surface area contributed by atoms with E-state index >= 15 is 0 Å². The Morgan fingerprint density at radius 1 is 0.846 bits per heavy atom. The van der Waals surface area contributed by atoms with Crippen LogP contribution in [0.5, 0.6) is 0 Å². The zero-order valence-electron chi connectivity index (χ0n) is 16.6. The second-order valence-electron chi connectivity index (χ2n) is 7.86. The summed E-state index contributed by atoms with van der Waals surface area (Å²) in [6.45, 7) is 11.2. The molecule has 2 aromatic heterocycles. The Morgan fingerprint density at radius 3 is 2.31 bits per heavy atom. The zero-order valence-corrected chi connectivity index (χ0v) is 16.6. The van der Waals surface area contributed by atoms with Crippen molar-refractivity contribution in [1.29, 1.82) is 0 Å². The molecule has 26 heavy (non-hydrogen) atoms. The molecule has 0 fully saturated rings. The van der Waals surface area contributed by atoms with E-state index in [9.17, 15) is 0 Å². The molecular formula is C24H27N2+. The van der Waals surface area contributed by atoms with E-state index in [1.54, 1.807) is 0 Å². The molecular weight excluding hydrogens is 316 g/mol. The lowest BCUT2D eigenvalue weighted by Crippen LogP contribution is -2.33. The van der Waals surface area contributed by atoms with Crippen LogP contribution in [-0.4, -0.2) is 4.57 Å². The maximum Gasteiger partial charge on any atom is 0.286 e. The van der Waals surface area contributed by atoms with Crippen LogP contribution >= 0.6 is 0 Å². The monoisotopic (exact) mass is 343 g/mol. The molecule has 0 N–H and O–H groups in total. The van der Waals surface area contributed by atoms with Crippen LogP contribution in [0.4, 0.5) is 0 Å². The van der Waals surface area contributed by atoms with Gasteiger partial charge in [-0.05, 0) is 62.1 Å². The topological polar surface area (TPSA) is 8.81 Å². The van der Waals surface area contributed by atoms with Crippen molar-refractivity contribution in [1.82, 2.24) is 4.57 Å². The maximum absolute atomic E-state index is 2.44. The van der Waals surface area contributed by atoms with E-state index in [1.165, 1.54) is 49.9 Å². The Bertz CT molecular complexity index is 1150. The molecule has 0 bridgehead atoms. The average Bonchev–Trinajstić information content (AvgIpc) is 2.91. The standard InChI is InChI=1S/C24H27N2/c1-15(2)19-8-9-20-21-13-16(3)7-10-22(21)26(24(20)18(19)5)23-14-17(4)11-12-25(23)6/h7-15H,1-6H3/q+1. The van der Waals surface area contributed by atoms with Crippen molar-refractivity contribution >= 4 is 21.8 Å². The molecule has 0 saturated carbocycles. The van der Waals surface area contributed by atoms with Crippen molar-refractivity contribution in [3.63, 3.8) is 0 Å². The summed E-state index contributed by atoms with van der Waals surface area (Å²) in [5.74, 6) is 1.72. The first-order valence-electron chi connectivity index (χ1n) is 9.39. The van der Waals surface area contributed by atoms with Crippen LogP contribution in [-0.2, 0) is 7.05 Å². The lowest BCUT2D eigenvalue weighted by molar-refractivity contribution is -0.665. The summed E-state index contributed by atoms with van der Waals surface area (Å²) in [5.41, 5.74) is 7.99. The molecule has 0 aliphatic heterocycles. The molecule has 0 atom stereocenters. The fraction of sp³-hybridized carbons (Fsp3) is 0.292. The number of hydrogen-bond acceptors (Lipinski definition) is 0. The molecule has 0 radical (unpaired) electrons. The number of aryl methyl sites for hydroxylation is 4. The van der Waals surface area contributed by atoms with E-state index in [4.69, 9.17) is 0 Å². The molecule has 132 valence electrons. The largest absolute Gasteiger partial charge is 0.286 e. The lowest BCUT2D eigenvalue weighted by Gasteiger charge is -2.11. The van der Waals surface area contributed by atoms with Crippen LogP contribution < -0.4 is 4.57 Å². The molecule has 2 heteroatoms. The van der Waals surface area contributed by atoms with Gasteiger partial charge in [-0.3, -0.25) is 0 Å². The first-order chi connectivity index (χ1) is 12.4. The minimum absolute atomic E-state index is 0.513. The van der Waals surface area contributed by atoms with Crippen LogP contribution in [0.3, 0.4) is 0 Å². The molecule has 0 aliphatic rings. The quantitative estimate of drug-likeness (QED) is 0.415. The first-order valence-corrected chi connectivity index (χ1v) is 9.39. The summed E-state index contributed by atoms with van der Waals surface area (Å²) in [7, 11) is 2.13. The second kappa shape index (κ2) is 5.98. The molecule has 0 spiro atoms. The molecule has 2 heterocycles. The molecule has 0 amide bonds. The predicted octanol–water partition coefficient (Wildman–Crippen LogP) is 5.66. The van der Waals surface area contributed by atoms with Crippen molar-refractivity contribution < 1.29 is 4.57 Å². The van der Waals surface area contributed by atoms with E-state index in [0.29, 0.717) is 5.92 Å². The molecule has 4 aromatic rings. The van der Waals surface area contributed by atoms with Gasteiger partial charge in [-0.2, -0.15) is 4.57 Å².